The molecule has 1 atom stereocenters. The maximum atomic E-state index is 11.0. The molecule has 1 amide bonds. The number of hydrogen-bond donors (Lipinski definition) is 2. The Labute approximate surface area is 82.4 Å². The van der Waals surface area contributed by atoms with Gasteiger partial charge in [-0.1, -0.05) is 0 Å². The van der Waals surface area contributed by atoms with E-state index in [-0.39, 0.29) is 14.6 Å². The number of nitrogens with zero attached hydrogens (tertiary/aromatic N) is 1. The van der Waals surface area contributed by atoms with Gasteiger partial charge in [-0.25, -0.2) is 5.01 Å². The molecule has 14 heavy (non-hydrogen) atoms. The van der Waals surface area contributed by atoms with Crippen molar-refractivity contribution in [2.24, 2.45) is 0 Å². The highest BCUT2D eigenvalue weighted by Gasteiger charge is 2.31. The van der Waals surface area contributed by atoms with Gasteiger partial charge in [0.15, 0.2) is 8.46 Å². The fourth-order valence-electron chi connectivity index (χ4n) is 1.41. The van der Waals surface area contributed by atoms with Gasteiger partial charge in [0.1, 0.15) is 12.2 Å². The number of rotatable bonds is 4. The minimum atomic E-state index is -0.942. The van der Waals surface area contributed by atoms with E-state index in [0.29, 0.717) is 13.0 Å². The van der Waals surface area contributed by atoms with E-state index in [9.17, 15) is 14.2 Å². The van der Waals surface area contributed by atoms with Crippen molar-refractivity contribution in [1.82, 2.24) is 10.4 Å². The molecule has 1 saturated heterocycles. The topological polar surface area (TPSA) is 86.7 Å². The van der Waals surface area contributed by atoms with E-state index in [0.717, 1.165) is 6.42 Å². The van der Waals surface area contributed by atoms with Crippen molar-refractivity contribution in [1.29, 1.82) is 0 Å². The molecule has 0 radical (unpaired) electrons. The first kappa shape index (κ1) is 11.1. The molecule has 7 heteroatoms. The fraction of sp³-hybridized carbons (Fsp3) is 0.714. The summed E-state index contributed by atoms with van der Waals surface area (Å²) in [6.45, 7) is 0.526. The van der Waals surface area contributed by atoms with E-state index in [1.54, 1.807) is 0 Å². The van der Waals surface area contributed by atoms with Crippen LogP contribution in [0, 0.1) is 0 Å². The lowest BCUT2D eigenvalue weighted by molar-refractivity contribution is -0.144. The molecule has 0 bridgehead atoms. The first-order valence-corrected chi connectivity index (χ1v) is 5.23. The monoisotopic (exact) mass is 218 g/mol. The Bertz CT molecular complexity index is 258. The first-order chi connectivity index (χ1) is 6.65. The Morgan fingerprint density at radius 3 is 2.86 bits per heavy atom. The van der Waals surface area contributed by atoms with E-state index in [2.05, 4.69) is 5.43 Å². The number of hydrogen-bond acceptors (Lipinski definition) is 4. The standard InChI is InChI=1S/C7H11N2O4P/c10-6(4-14-13)8-9-3-1-2-5(9)7(11)12/h5H,1-4H2,(H,8,10)(H,11,12)/t5-/m0/s1. The van der Waals surface area contributed by atoms with E-state index in [1.807, 2.05) is 0 Å². The molecule has 1 rings (SSSR count). The molecule has 1 aliphatic heterocycles. The summed E-state index contributed by atoms with van der Waals surface area (Å²) in [5.74, 6) is -1.36. The van der Waals surface area contributed by atoms with Gasteiger partial charge >= 0.3 is 5.97 Å². The molecule has 1 aliphatic rings. The average molecular weight is 218 g/mol. The van der Waals surface area contributed by atoms with Gasteiger partial charge in [-0.2, -0.15) is 0 Å². The summed E-state index contributed by atoms with van der Waals surface area (Å²) in [6, 6.07) is -0.651. The quantitative estimate of drug-likeness (QED) is 0.641. The van der Waals surface area contributed by atoms with Gasteiger partial charge in [0.25, 0.3) is 0 Å². The van der Waals surface area contributed by atoms with Crippen LogP contribution in [-0.2, 0) is 14.2 Å². The molecule has 1 heterocycles. The summed E-state index contributed by atoms with van der Waals surface area (Å²) < 4.78 is 10.1. The van der Waals surface area contributed by atoms with Crippen molar-refractivity contribution in [2.75, 3.05) is 12.7 Å². The van der Waals surface area contributed by atoms with Crippen LogP contribution in [-0.4, -0.2) is 40.7 Å². The van der Waals surface area contributed by atoms with Crippen molar-refractivity contribution in [3.8, 4) is 0 Å². The largest absolute Gasteiger partial charge is 0.480 e. The van der Waals surface area contributed by atoms with Crippen LogP contribution in [0.2, 0.25) is 0 Å². The number of carbonyl (C=O) groups is 2. The second kappa shape index (κ2) is 5.02. The molecule has 0 aromatic heterocycles. The fourth-order valence-corrected chi connectivity index (χ4v) is 1.60. The molecule has 0 aromatic carbocycles. The Hall–Kier alpha value is -1.00. The zero-order chi connectivity index (χ0) is 10.6. The van der Waals surface area contributed by atoms with Crippen LogP contribution in [0.3, 0.4) is 0 Å². The number of nitrogens with one attached hydrogen (secondary N) is 1. The van der Waals surface area contributed by atoms with Gasteiger partial charge < -0.3 is 5.11 Å². The molecule has 0 aromatic rings. The molecule has 1 fully saturated rings. The zero-order valence-corrected chi connectivity index (χ0v) is 8.37. The van der Waals surface area contributed by atoms with E-state index < -0.39 is 17.9 Å². The van der Waals surface area contributed by atoms with Crippen LogP contribution in [0.25, 0.3) is 0 Å². The highest BCUT2D eigenvalue weighted by molar-refractivity contribution is 7.25. The summed E-state index contributed by atoms with van der Waals surface area (Å²) in [4.78, 5) is 21.7. The summed E-state index contributed by atoms with van der Waals surface area (Å²) in [5, 5.41) is 10.2. The average Bonchev–Trinajstić information content (AvgIpc) is 2.52. The third-order valence-corrected chi connectivity index (χ3v) is 2.43. The number of carboxylic acids is 1. The maximum Gasteiger partial charge on any atom is 0.322 e. The van der Waals surface area contributed by atoms with Crippen LogP contribution in [0.15, 0.2) is 0 Å². The van der Waals surface area contributed by atoms with E-state index in [4.69, 9.17) is 5.11 Å². The molecule has 0 spiro atoms. The van der Waals surface area contributed by atoms with Crippen molar-refractivity contribution in [3.63, 3.8) is 0 Å². The molecule has 0 unspecified atom stereocenters. The third kappa shape index (κ3) is 2.75. The Kier molecular flexibility index (Phi) is 3.98. The zero-order valence-electron chi connectivity index (χ0n) is 7.47. The maximum absolute atomic E-state index is 11.0. The van der Waals surface area contributed by atoms with Gasteiger partial charge in [0, 0.05) is 6.54 Å². The van der Waals surface area contributed by atoms with Crippen molar-refractivity contribution in [2.45, 2.75) is 18.9 Å². The summed E-state index contributed by atoms with van der Waals surface area (Å²) in [5.41, 5.74) is 2.42. The predicted molar refractivity (Wildman–Crippen MR) is 48.0 cm³/mol. The number of carbonyl (C=O) groups excluding carboxylic acids is 1. The van der Waals surface area contributed by atoms with E-state index >= 15 is 0 Å². The SMILES string of the molecule is O=PCC(=O)NN1CCC[C@H]1C(=O)O. The van der Waals surface area contributed by atoms with Gasteiger partial charge in [-0.05, 0) is 12.8 Å². The Morgan fingerprint density at radius 1 is 1.57 bits per heavy atom. The second-order valence-corrected chi connectivity index (χ2v) is 3.59. The molecule has 0 saturated carbocycles. The summed E-state index contributed by atoms with van der Waals surface area (Å²) >= 11 is 0. The van der Waals surface area contributed by atoms with Crippen molar-refractivity contribution in [3.05, 3.63) is 0 Å². The predicted octanol–water partition coefficient (Wildman–Crippen LogP) is -0.142. The molecule has 0 aliphatic carbocycles. The Balaban J connectivity index is 2.47. The van der Waals surface area contributed by atoms with Crippen LogP contribution >= 0.6 is 8.46 Å². The lowest BCUT2D eigenvalue weighted by Gasteiger charge is -2.20. The minimum Gasteiger partial charge on any atom is -0.480 e. The number of hydrazine groups is 1. The minimum absolute atomic E-state index is 0.136. The molecule has 6 nitrogen and oxygen atoms in total. The van der Waals surface area contributed by atoms with Gasteiger partial charge in [0.05, 0.1) is 0 Å². The molecule has 2 N–H and O–H groups in total. The van der Waals surface area contributed by atoms with E-state index in [1.165, 1.54) is 5.01 Å². The Morgan fingerprint density at radius 2 is 2.29 bits per heavy atom. The van der Waals surface area contributed by atoms with Gasteiger partial charge in [-0.3, -0.25) is 19.6 Å². The summed E-state index contributed by atoms with van der Waals surface area (Å²) in [6.07, 6.45) is 1.14. The van der Waals surface area contributed by atoms with Crippen LogP contribution in [0.1, 0.15) is 12.8 Å². The normalized spacial score (nSPS) is 22.4. The summed E-state index contributed by atoms with van der Waals surface area (Å²) in [7, 11) is -0.261. The first-order valence-electron chi connectivity index (χ1n) is 4.23. The van der Waals surface area contributed by atoms with Gasteiger partial charge in [-0.15, -0.1) is 0 Å². The van der Waals surface area contributed by atoms with Crippen molar-refractivity contribution >= 4 is 20.3 Å². The number of carboxylic acid groups (broad SMARTS) is 1. The smallest absolute Gasteiger partial charge is 0.322 e. The van der Waals surface area contributed by atoms with Gasteiger partial charge in [0.2, 0.25) is 5.91 Å². The molecular formula is C7H11N2O4P. The highest BCUT2D eigenvalue weighted by Crippen LogP contribution is 2.14. The number of amides is 1. The lowest BCUT2D eigenvalue weighted by Crippen LogP contribution is -2.48. The third-order valence-electron chi connectivity index (χ3n) is 2.01. The van der Waals surface area contributed by atoms with Crippen LogP contribution in [0.4, 0.5) is 0 Å². The number of aliphatic carboxylic acids is 1. The lowest BCUT2D eigenvalue weighted by atomic mass is 10.2. The molecule has 78 valence electrons. The van der Waals surface area contributed by atoms with Crippen molar-refractivity contribution < 1.29 is 19.3 Å². The highest BCUT2D eigenvalue weighted by atomic mass is 31.1. The molecular weight excluding hydrogens is 207 g/mol. The second-order valence-electron chi connectivity index (χ2n) is 3.01. The van der Waals surface area contributed by atoms with Crippen LogP contribution in [0.5, 0.6) is 0 Å². The van der Waals surface area contributed by atoms with Crippen LogP contribution < -0.4 is 5.43 Å².